The van der Waals surface area contributed by atoms with E-state index in [4.69, 9.17) is 22.4 Å². The van der Waals surface area contributed by atoms with Crippen LogP contribution in [0.25, 0.3) is 0 Å². The Kier molecular flexibility index (Phi) is 22.5. The van der Waals surface area contributed by atoms with E-state index in [0.717, 1.165) is 19.1 Å². The third-order valence-corrected chi connectivity index (χ3v) is 5.46. The lowest BCUT2D eigenvalue weighted by molar-refractivity contribution is -0.137. The van der Waals surface area contributed by atoms with E-state index in [-0.39, 0.29) is 15.7 Å². The minimum atomic E-state index is -1.67. The number of hydrogen-bond donors (Lipinski definition) is 0. The fourth-order valence-corrected chi connectivity index (χ4v) is 2.98. The molecule has 6 nitrogen and oxygen atoms in total. The van der Waals surface area contributed by atoms with Gasteiger partial charge in [0.05, 0.1) is 6.61 Å². The SMILES string of the molecule is C=CC(=O)OCCC[SiH2]OCC.CO[SiH](OC)OC.Cc1ccccc1. The Morgan fingerprint density at radius 2 is 1.73 bits per heavy atom. The Morgan fingerprint density at radius 1 is 1.15 bits per heavy atom. The molecule has 8 heteroatoms. The van der Waals surface area contributed by atoms with Gasteiger partial charge in [-0.25, -0.2) is 4.79 Å². The molecule has 0 aliphatic rings. The van der Waals surface area contributed by atoms with Crippen molar-refractivity contribution in [3.63, 3.8) is 0 Å². The molecule has 0 spiro atoms. The van der Waals surface area contributed by atoms with E-state index in [1.807, 2.05) is 25.1 Å². The maximum absolute atomic E-state index is 10.5. The Balaban J connectivity index is 0. The largest absolute Gasteiger partial charge is 0.483 e. The monoisotopic (exact) mass is 402 g/mol. The van der Waals surface area contributed by atoms with Crippen molar-refractivity contribution in [2.24, 2.45) is 0 Å². The van der Waals surface area contributed by atoms with Gasteiger partial charge in [0, 0.05) is 34.0 Å². The van der Waals surface area contributed by atoms with Gasteiger partial charge in [-0.2, -0.15) is 0 Å². The molecule has 1 aromatic carbocycles. The van der Waals surface area contributed by atoms with Gasteiger partial charge in [0.1, 0.15) is 0 Å². The van der Waals surface area contributed by atoms with Gasteiger partial charge >= 0.3 is 15.5 Å². The summed E-state index contributed by atoms with van der Waals surface area (Å²) in [6, 6.07) is 11.3. The highest BCUT2D eigenvalue weighted by Crippen LogP contribution is 1.92. The van der Waals surface area contributed by atoms with Gasteiger partial charge in [-0.15, -0.1) is 0 Å². The summed E-state index contributed by atoms with van der Waals surface area (Å²) in [6.07, 6.45) is 2.09. The van der Waals surface area contributed by atoms with E-state index in [9.17, 15) is 4.79 Å². The van der Waals surface area contributed by atoms with Gasteiger partial charge < -0.3 is 22.4 Å². The Hall–Kier alpha value is -1.30. The fraction of sp³-hybridized carbons (Fsp3) is 0.500. The number of ether oxygens (including phenoxy) is 1. The quantitative estimate of drug-likeness (QED) is 0.259. The topological polar surface area (TPSA) is 63.2 Å². The first kappa shape index (κ1) is 26.9. The molecule has 0 radical (unpaired) electrons. The first-order chi connectivity index (χ1) is 12.5. The van der Waals surface area contributed by atoms with E-state index in [1.54, 1.807) is 21.3 Å². The van der Waals surface area contributed by atoms with E-state index >= 15 is 0 Å². The normalized spacial score (nSPS) is 9.92. The van der Waals surface area contributed by atoms with Crippen LogP contribution in [0.3, 0.4) is 0 Å². The fourth-order valence-electron chi connectivity index (χ4n) is 1.51. The van der Waals surface area contributed by atoms with Gasteiger partial charge in [0.25, 0.3) is 0 Å². The zero-order valence-corrected chi connectivity index (χ0v) is 19.3. The van der Waals surface area contributed by atoms with Crippen LogP contribution in [0.2, 0.25) is 6.04 Å². The van der Waals surface area contributed by atoms with Gasteiger partial charge in [-0.05, 0) is 26.3 Å². The van der Waals surface area contributed by atoms with Crippen molar-refractivity contribution in [3.05, 3.63) is 48.6 Å². The smallest absolute Gasteiger partial charge is 0.463 e. The van der Waals surface area contributed by atoms with Gasteiger partial charge in [0.2, 0.25) is 0 Å². The zero-order valence-electron chi connectivity index (χ0n) is 16.7. The van der Waals surface area contributed by atoms with Crippen molar-refractivity contribution in [1.82, 2.24) is 0 Å². The number of hydrogen-bond acceptors (Lipinski definition) is 6. The van der Waals surface area contributed by atoms with Gasteiger partial charge in [-0.3, -0.25) is 0 Å². The first-order valence-corrected chi connectivity index (χ1v) is 11.5. The summed E-state index contributed by atoms with van der Waals surface area (Å²) in [5.74, 6) is -0.340. The van der Waals surface area contributed by atoms with Gasteiger partial charge in [0.15, 0.2) is 9.76 Å². The third kappa shape index (κ3) is 20.7. The molecule has 0 heterocycles. The second-order valence-electron chi connectivity index (χ2n) is 4.93. The lowest BCUT2D eigenvalue weighted by Crippen LogP contribution is -2.21. The molecule has 0 saturated carbocycles. The molecule has 0 bridgehead atoms. The summed E-state index contributed by atoms with van der Waals surface area (Å²) in [4.78, 5) is 10.5. The van der Waals surface area contributed by atoms with Crippen LogP contribution in [0.5, 0.6) is 0 Å². The van der Waals surface area contributed by atoms with E-state index in [2.05, 4.69) is 25.6 Å². The number of aryl methyl sites for hydroxylation is 1. The summed E-state index contributed by atoms with van der Waals surface area (Å²) < 4.78 is 24.3. The highest BCUT2D eigenvalue weighted by Gasteiger charge is 2.04. The molecular formula is C18H34O6Si2. The van der Waals surface area contributed by atoms with E-state index < -0.39 is 9.53 Å². The number of esters is 1. The van der Waals surface area contributed by atoms with Crippen LogP contribution >= 0.6 is 0 Å². The molecule has 0 fully saturated rings. The van der Waals surface area contributed by atoms with Crippen LogP contribution in [0.4, 0.5) is 0 Å². The van der Waals surface area contributed by atoms with Crippen LogP contribution < -0.4 is 0 Å². The average molecular weight is 403 g/mol. The summed E-state index contributed by atoms with van der Waals surface area (Å²) in [6.45, 7) is 8.67. The van der Waals surface area contributed by atoms with Crippen LogP contribution in [0.15, 0.2) is 43.0 Å². The van der Waals surface area contributed by atoms with Gasteiger partial charge in [-0.1, -0.05) is 42.5 Å². The Morgan fingerprint density at radius 3 is 2.08 bits per heavy atom. The summed E-state index contributed by atoms with van der Waals surface area (Å²) in [5.41, 5.74) is 1.32. The highest BCUT2D eigenvalue weighted by molar-refractivity contribution is 6.36. The number of rotatable bonds is 10. The van der Waals surface area contributed by atoms with E-state index in [1.165, 1.54) is 11.6 Å². The van der Waals surface area contributed by atoms with Crippen molar-refractivity contribution in [2.45, 2.75) is 26.3 Å². The van der Waals surface area contributed by atoms with Crippen molar-refractivity contribution in [2.75, 3.05) is 34.5 Å². The first-order valence-electron chi connectivity index (χ1n) is 8.52. The second kappa shape index (κ2) is 21.7. The lowest BCUT2D eigenvalue weighted by Gasteiger charge is -2.05. The van der Waals surface area contributed by atoms with Crippen LogP contribution in [0.1, 0.15) is 18.9 Å². The standard InChI is InChI=1S/C8H16O3Si.C7H8.C3H10O3Si/c1-3-8(9)10-6-5-7-12-11-4-2;1-7-5-3-2-4-6-7;1-4-7(5-2)6-3/h3H,1,4-7,12H2,2H3;2-6H,1H3;7H,1-3H3. The summed E-state index contributed by atoms with van der Waals surface area (Å²) >= 11 is 0. The molecule has 150 valence electrons. The number of carbonyl (C=O) groups is 1. The molecule has 0 unspecified atom stereocenters. The predicted molar refractivity (Wildman–Crippen MR) is 110 cm³/mol. The number of benzene rings is 1. The predicted octanol–water partition coefficient (Wildman–Crippen LogP) is 2.28. The second-order valence-corrected chi connectivity index (χ2v) is 8.44. The molecule has 0 saturated heterocycles. The Labute approximate surface area is 162 Å². The van der Waals surface area contributed by atoms with Crippen LogP contribution in [-0.2, 0) is 27.2 Å². The third-order valence-electron chi connectivity index (χ3n) is 2.82. The Bertz CT molecular complexity index is 421. The minimum Gasteiger partial charge on any atom is -0.463 e. The molecule has 0 N–H and O–H groups in total. The highest BCUT2D eigenvalue weighted by atomic mass is 28.3. The van der Waals surface area contributed by atoms with E-state index in [0.29, 0.717) is 6.61 Å². The molecule has 26 heavy (non-hydrogen) atoms. The lowest BCUT2D eigenvalue weighted by atomic mass is 10.2. The van der Waals surface area contributed by atoms with Crippen molar-refractivity contribution < 1.29 is 27.2 Å². The van der Waals surface area contributed by atoms with Crippen LogP contribution in [0, 0.1) is 6.92 Å². The number of carbonyl (C=O) groups excluding carboxylic acids is 1. The molecule has 0 atom stereocenters. The van der Waals surface area contributed by atoms with Crippen LogP contribution in [-0.4, -0.2) is 59.8 Å². The molecule has 1 aromatic rings. The molecule has 0 amide bonds. The maximum Gasteiger partial charge on any atom is 0.483 e. The van der Waals surface area contributed by atoms with Crippen molar-refractivity contribution >= 4 is 25.3 Å². The minimum absolute atomic E-state index is 0.340. The zero-order chi connectivity index (χ0) is 20.0. The average Bonchev–Trinajstić information content (AvgIpc) is 2.67. The molecule has 0 aliphatic carbocycles. The van der Waals surface area contributed by atoms with Crippen molar-refractivity contribution in [3.8, 4) is 0 Å². The molecular weight excluding hydrogens is 368 g/mol. The maximum atomic E-state index is 10.5. The molecule has 1 rings (SSSR count). The summed E-state index contributed by atoms with van der Waals surface area (Å²) in [7, 11) is 2.69. The molecule has 0 aromatic heterocycles. The van der Waals surface area contributed by atoms with Crippen molar-refractivity contribution in [1.29, 1.82) is 0 Å². The summed E-state index contributed by atoms with van der Waals surface area (Å²) in [5, 5.41) is 0. The molecule has 0 aliphatic heterocycles.